The lowest BCUT2D eigenvalue weighted by Crippen LogP contribution is -2.58. The van der Waals surface area contributed by atoms with Gasteiger partial charge in [-0.05, 0) is 38.8 Å². The second kappa shape index (κ2) is 9.16. The number of carboxylic acid groups (broad SMARTS) is 1. The van der Waals surface area contributed by atoms with E-state index in [0.29, 0.717) is 0 Å². The second-order valence-electron chi connectivity index (χ2n) is 8.21. The number of hydrogen-bond donors (Lipinski definition) is 2. The number of aliphatic carboxylic acids is 1. The number of carboxylic acids is 1. The Kier molecular flexibility index (Phi) is 7.81. The summed E-state index contributed by atoms with van der Waals surface area (Å²) in [5.74, 6) is -1.35. The third-order valence-electron chi connectivity index (χ3n) is 4.86. The van der Waals surface area contributed by atoms with Crippen LogP contribution < -0.4 is 5.32 Å². The van der Waals surface area contributed by atoms with Gasteiger partial charge in [0.15, 0.2) is 0 Å². The molecule has 1 unspecified atom stereocenters. The Morgan fingerprint density at radius 1 is 1.31 bits per heavy atom. The molecule has 2 amide bonds. The quantitative estimate of drug-likeness (QED) is 0.694. The Hall–Kier alpha value is -1.89. The van der Waals surface area contributed by atoms with Crippen LogP contribution in [0, 0.1) is 5.41 Å². The van der Waals surface area contributed by atoms with Crippen LogP contribution in [0.1, 0.15) is 47.0 Å². The summed E-state index contributed by atoms with van der Waals surface area (Å²) in [4.78, 5) is 40.0. The highest BCUT2D eigenvalue weighted by Crippen LogP contribution is 2.22. The van der Waals surface area contributed by atoms with Crippen molar-refractivity contribution in [2.24, 2.45) is 5.41 Å². The van der Waals surface area contributed by atoms with Crippen LogP contribution in [0.2, 0.25) is 0 Å². The summed E-state index contributed by atoms with van der Waals surface area (Å²) >= 11 is 0. The number of piperidine rings is 1. The van der Waals surface area contributed by atoms with E-state index in [4.69, 9.17) is 5.11 Å². The fourth-order valence-corrected chi connectivity index (χ4v) is 2.97. The maximum atomic E-state index is 12.9. The van der Waals surface area contributed by atoms with Crippen molar-refractivity contribution in [2.75, 3.05) is 27.2 Å². The van der Waals surface area contributed by atoms with E-state index in [1.54, 1.807) is 7.05 Å². The summed E-state index contributed by atoms with van der Waals surface area (Å²) in [6, 6.07) is -0.880. The predicted octanol–water partition coefficient (Wildman–Crippen LogP) is 1.49. The number of likely N-dealkylation sites (tertiary alicyclic amines) is 1. The minimum Gasteiger partial charge on any atom is -0.478 e. The molecule has 0 aliphatic carbocycles. The van der Waals surface area contributed by atoms with E-state index in [1.165, 1.54) is 17.9 Å². The summed E-state index contributed by atoms with van der Waals surface area (Å²) in [6.07, 6.45) is 4.39. The fourth-order valence-electron chi connectivity index (χ4n) is 2.97. The van der Waals surface area contributed by atoms with E-state index in [0.717, 1.165) is 25.8 Å². The number of nitrogens with zero attached hydrogens (tertiary/aromatic N) is 2. The van der Waals surface area contributed by atoms with Crippen LogP contribution in [0.5, 0.6) is 0 Å². The third kappa shape index (κ3) is 6.12. The van der Waals surface area contributed by atoms with Gasteiger partial charge < -0.3 is 15.3 Å². The lowest BCUT2D eigenvalue weighted by Gasteiger charge is -2.37. The number of carbonyl (C=O) groups excluding carboxylic acids is 2. The highest BCUT2D eigenvalue weighted by Gasteiger charge is 2.37. The van der Waals surface area contributed by atoms with Crippen LogP contribution in [-0.2, 0) is 14.4 Å². The van der Waals surface area contributed by atoms with Crippen molar-refractivity contribution < 1.29 is 19.5 Å². The number of hydrogen-bond acceptors (Lipinski definition) is 4. The normalized spacial score (nSPS) is 20.4. The lowest BCUT2D eigenvalue weighted by molar-refractivity contribution is -0.139. The Bertz CT molecular complexity index is 566. The average Bonchev–Trinajstić information content (AvgIpc) is 2.55. The van der Waals surface area contributed by atoms with Crippen LogP contribution in [0.15, 0.2) is 11.6 Å². The van der Waals surface area contributed by atoms with Crippen molar-refractivity contribution in [3.05, 3.63) is 11.6 Å². The largest absolute Gasteiger partial charge is 0.478 e. The molecule has 0 radical (unpaired) electrons. The smallest absolute Gasteiger partial charge is 0.331 e. The Morgan fingerprint density at radius 3 is 2.42 bits per heavy atom. The van der Waals surface area contributed by atoms with Crippen molar-refractivity contribution in [1.82, 2.24) is 15.1 Å². The molecule has 0 bridgehead atoms. The molecule has 0 aromatic carbocycles. The first kappa shape index (κ1) is 22.2. The number of nitrogens with one attached hydrogen (secondary N) is 1. The van der Waals surface area contributed by atoms with E-state index in [2.05, 4.69) is 5.32 Å². The standard InChI is InChI=1S/C19H33N3O4/c1-13(18(25)26)10-12-22(6)17(24)15(19(2,3)4)20-16(23)14-9-7-8-11-21(14)5/h10,14-15H,7-9,11-12H2,1-6H3,(H,20,23)(H,25,26)/b13-10+/t14-,15?/m1/s1. The van der Waals surface area contributed by atoms with Crippen molar-refractivity contribution in [2.45, 2.75) is 59.0 Å². The Labute approximate surface area is 156 Å². The van der Waals surface area contributed by atoms with Gasteiger partial charge in [-0.1, -0.05) is 33.3 Å². The summed E-state index contributed by atoms with van der Waals surface area (Å²) in [5.41, 5.74) is -0.274. The number of amides is 2. The molecule has 7 nitrogen and oxygen atoms in total. The van der Waals surface area contributed by atoms with E-state index in [-0.39, 0.29) is 30.0 Å². The zero-order chi connectivity index (χ0) is 20.1. The van der Waals surface area contributed by atoms with Crippen molar-refractivity contribution >= 4 is 17.8 Å². The van der Waals surface area contributed by atoms with E-state index < -0.39 is 17.4 Å². The molecule has 26 heavy (non-hydrogen) atoms. The van der Waals surface area contributed by atoms with Gasteiger partial charge in [0.05, 0.1) is 6.04 Å². The van der Waals surface area contributed by atoms with Crippen molar-refractivity contribution in [1.29, 1.82) is 0 Å². The molecule has 0 saturated carbocycles. The minimum atomic E-state index is -1.01. The summed E-state index contributed by atoms with van der Waals surface area (Å²) in [6.45, 7) is 8.28. The summed E-state index contributed by atoms with van der Waals surface area (Å²) in [7, 11) is 3.55. The second-order valence-corrected chi connectivity index (χ2v) is 8.21. The van der Waals surface area contributed by atoms with Crippen LogP contribution in [0.4, 0.5) is 0 Å². The van der Waals surface area contributed by atoms with Gasteiger partial charge in [0.25, 0.3) is 0 Å². The van der Waals surface area contributed by atoms with Crippen LogP contribution in [0.3, 0.4) is 0 Å². The Balaban J connectivity index is 2.85. The molecule has 2 atom stereocenters. The van der Waals surface area contributed by atoms with Gasteiger partial charge in [0.1, 0.15) is 6.04 Å². The number of carbonyl (C=O) groups is 3. The van der Waals surface area contributed by atoms with Gasteiger partial charge in [-0.3, -0.25) is 14.5 Å². The fraction of sp³-hybridized carbons (Fsp3) is 0.737. The maximum Gasteiger partial charge on any atom is 0.331 e. The van der Waals surface area contributed by atoms with Gasteiger partial charge in [-0.25, -0.2) is 4.79 Å². The summed E-state index contributed by atoms with van der Waals surface area (Å²) < 4.78 is 0. The SMILES string of the molecule is C/C(=C\CN(C)C(=O)C(NC(=O)[C@H]1CCCCN1C)C(C)(C)C)C(=O)O. The zero-order valence-electron chi connectivity index (χ0n) is 16.8. The van der Waals surface area contributed by atoms with Gasteiger partial charge in [-0.15, -0.1) is 0 Å². The maximum absolute atomic E-state index is 12.9. The van der Waals surface area contributed by atoms with Gasteiger partial charge in [-0.2, -0.15) is 0 Å². The van der Waals surface area contributed by atoms with E-state index >= 15 is 0 Å². The summed E-state index contributed by atoms with van der Waals surface area (Å²) in [5, 5.41) is 11.9. The molecular weight excluding hydrogens is 334 g/mol. The molecule has 1 saturated heterocycles. The molecule has 0 aromatic rings. The molecule has 0 aromatic heterocycles. The molecule has 1 aliphatic rings. The first-order valence-corrected chi connectivity index (χ1v) is 9.10. The minimum absolute atomic E-state index is 0.119. The lowest BCUT2D eigenvalue weighted by atomic mass is 9.85. The molecule has 1 fully saturated rings. The molecule has 7 heteroatoms. The van der Waals surface area contributed by atoms with Gasteiger partial charge in [0, 0.05) is 19.2 Å². The predicted molar refractivity (Wildman–Crippen MR) is 101 cm³/mol. The average molecular weight is 367 g/mol. The molecule has 1 rings (SSSR count). The zero-order valence-corrected chi connectivity index (χ0v) is 16.8. The number of likely N-dealkylation sites (N-methyl/N-ethyl adjacent to an activating group) is 2. The van der Waals surface area contributed by atoms with E-state index in [1.807, 2.05) is 32.7 Å². The molecule has 0 spiro atoms. The van der Waals surface area contributed by atoms with Gasteiger partial charge >= 0.3 is 5.97 Å². The van der Waals surface area contributed by atoms with Crippen molar-refractivity contribution in [3.8, 4) is 0 Å². The highest BCUT2D eigenvalue weighted by atomic mass is 16.4. The number of rotatable bonds is 6. The molecule has 148 valence electrons. The van der Waals surface area contributed by atoms with Crippen LogP contribution in [-0.4, -0.2) is 72.0 Å². The third-order valence-corrected chi connectivity index (χ3v) is 4.86. The Morgan fingerprint density at radius 2 is 1.92 bits per heavy atom. The molecule has 1 heterocycles. The van der Waals surface area contributed by atoms with Crippen LogP contribution in [0.25, 0.3) is 0 Å². The first-order valence-electron chi connectivity index (χ1n) is 9.10. The van der Waals surface area contributed by atoms with Crippen molar-refractivity contribution in [3.63, 3.8) is 0 Å². The molecule has 2 N–H and O–H groups in total. The van der Waals surface area contributed by atoms with Crippen LogP contribution >= 0.6 is 0 Å². The molecule has 1 aliphatic heterocycles. The highest BCUT2D eigenvalue weighted by molar-refractivity contribution is 5.90. The molecular formula is C19H33N3O4. The first-order chi connectivity index (χ1) is 11.9. The van der Waals surface area contributed by atoms with Gasteiger partial charge in [0.2, 0.25) is 11.8 Å². The van der Waals surface area contributed by atoms with E-state index in [9.17, 15) is 14.4 Å². The monoisotopic (exact) mass is 367 g/mol. The topological polar surface area (TPSA) is 90.0 Å².